The van der Waals surface area contributed by atoms with E-state index in [0.717, 1.165) is 12.0 Å². The summed E-state index contributed by atoms with van der Waals surface area (Å²) in [5.74, 6) is -0.882. The Morgan fingerprint density at radius 2 is 1.84 bits per heavy atom. The molecule has 2 aromatic rings. The fourth-order valence-electron chi connectivity index (χ4n) is 2.46. The van der Waals surface area contributed by atoms with Gasteiger partial charge >= 0.3 is 6.09 Å². The number of alkyl carbamates (subject to hydrolysis) is 1. The molecule has 0 radical (unpaired) electrons. The summed E-state index contributed by atoms with van der Waals surface area (Å²) in [6.07, 6.45) is 0.0984. The number of amides is 2. The number of benzene rings is 2. The smallest absolute Gasteiger partial charge is 0.413 e. The third-order valence-corrected chi connectivity index (χ3v) is 3.80. The molecule has 2 N–H and O–H groups in total. The van der Waals surface area contributed by atoms with Crippen molar-refractivity contribution < 1.29 is 18.7 Å². The second-order valence-corrected chi connectivity index (χ2v) is 5.50. The number of hydrogen-bond donors (Lipinski definition) is 2. The number of carbonyl (C=O) groups excluding carboxylic acids is 2. The topological polar surface area (TPSA) is 67.4 Å². The largest absolute Gasteiger partial charge is 0.453 e. The van der Waals surface area contributed by atoms with Crippen LogP contribution in [0.25, 0.3) is 0 Å². The maximum absolute atomic E-state index is 13.6. The van der Waals surface area contributed by atoms with Crippen molar-refractivity contribution in [1.29, 1.82) is 0 Å². The van der Waals surface area contributed by atoms with E-state index in [4.69, 9.17) is 0 Å². The first kappa shape index (κ1) is 18.6. The predicted molar refractivity (Wildman–Crippen MR) is 92.6 cm³/mol. The van der Waals surface area contributed by atoms with Crippen molar-refractivity contribution in [2.75, 3.05) is 13.7 Å². The van der Waals surface area contributed by atoms with Crippen LogP contribution in [-0.2, 0) is 16.0 Å². The lowest BCUT2D eigenvalue weighted by molar-refractivity contribution is -0.119. The molecule has 2 rings (SSSR count). The molecule has 0 aliphatic carbocycles. The SMILES string of the molecule is CCc1ccc([C@@H](NCC(=O)NC(=O)OC)c2cccc(F)c2)cc1. The lowest BCUT2D eigenvalue weighted by Gasteiger charge is -2.20. The van der Waals surface area contributed by atoms with Gasteiger partial charge in [-0.2, -0.15) is 0 Å². The van der Waals surface area contributed by atoms with Crippen LogP contribution in [0.2, 0.25) is 0 Å². The lowest BCUT2D eigenvalue weighted by atomic mass is 9.97. The molecule has 6 heteroatoms. The highest BCUT2D eigenvalue weighted by molar-refractivity contribution is 5.92. The number of imide groups is 1. The van der Waals surface area contributed by atoms with Gasteiger partial charge in [-0.3, -0.25) is 15.4 Å². The zero-order valence-corrected chi connectivity index (χ0v) is 14.2. The highest BCUT2D eigenvalue weighted by Crippen LogP contribution is 2.23. The van der Waals surface area contributed by atoms with E-state index < -0.39 is 12.0 Å². The maximum Gasteiger partial charge on any atom is 0.413 e. The van der Waals surface area contributed by atoms with Crippen LogP contribution in [0.1, 0.15) is 29.7 Å². The second-order valence-electron chi connectivity index (χ2n) is 5.50. The van der Waals surface area contributed by atoms with E-state index in [9.17, 15) is 14.0 Å². The van der Waals surface area contributed by atoms with Crippen LogP contribution in [0.5, 0.6) is 0 Å². The van der Waals surface area contributed by atoms with Crippen LogP contribution in [-0.4, -0.2) is 25.7 Å². The summed E-state index contributed by atoms with van der Waals surface area (Å²) in [4.78, 5) is 22.9. The molecule has 0 spiro atoms. The number of methoxy groups -OCH3 is 1. The molecule has 132 valence electrons. The van der Waals surface area contributed by atoms with Gasteiger partial charge in [-0.05, 0) is 35.2 Å². The van der Waals surface area contributed by atoms with Crippen LogP contribution < -0.4 is 10.6 Å². The lowest BCUT2D eigenvalue weighted by Crippen LogP contribution is -2.39. The number of carbonyl (C=O) groups is 2. The summed E-state index contributed by atoms with van der Waals surface area (Å²) in [6.45, 7) is 1.94. The van der Waals surface area contributed by atoms with Gasteiger partial charge in [-0.15, -0.1) is 0 Å². The third-order valence-electron chi connectivity index (χ3n) is 3.80. The molecule has 25 heavy (non-hydrogen) atoms. The summed E-state index contributed by atoms with van der Waals surface area (Å²) < 4.78 is 18.0. The molecular weight excluding hydrogens is 323 g/mol. The van der Waals surface area contributed by atoms with Crippen LogP contribution in [0.3, 0.4) is 0 Å². The zero-order valence-electron chi connectivity index (χ0n) is 14.2. The first-order valence-electron chi connectivity index (χ1n) is 7.99. The first-order chi connectivity index (χ1) is 12.0. The normalized spacial score (nSPS) is 11.6. The predicted octanol–water partition coefficient (Wildman–Crippen LogP) is 2.95. The minimum Gasteiger partial charge on any atom is -0.453 e. The zero-order chi connectivity index (χ0) is 18.2. The fourth-order valence-corrected chi connectivity index (χ4v) is 2.46. The molecule has 0 aliphatic heterocycles. The average molecular weight is 344 g/mol. The van der Waals surface area contributed by atoms with Crippen molar-refractivity contribution in [2.24, 2.45) is 0 Å². The molecular formula is C19H21FN2O3. The van der Waals surface area contributed by atoms with Gasteiger partial charge in [-0.25, -0.2) is 9.18 Å². The van der Waals surface area contributed by atoms with Crippen LogP contribution in [0.4, 0.5) is 9.18 Å². The van der Waals surface area contributed by atoms with Crippen LogP contribution in [0, 0.1) is 5.82 Å². The fraction of sp³-hybridized carbons (Fsp3) is 0.263. The van der Waals surface area contributed by atoms with Crippen molar-refractivity contribution in [3.63, 3.8) is 0 Å². The Kier molecular flexibility index (Phi) is 6.65. The Labute approximate surface area is 146 Å². The van der Waals surface area contributed by atoms with Gasteiger partial charge < -0.3 is 4.74 Å². The Hall–Kier alpha value is -2.73. The standard InChI is InChI=1S/C19H21FN2O3/c1-3-13-7-9-14(10-8-13)18(15-5-4-6-16(20)11-15)21-12-17(23)22-19(24)25-2/h4-11,18,21H,3,12H2,1-2H3,(H,22,23,24)/t18-/m1/s1. The molecule has 0 aromatic heterocycles. The Morgan fingerprint density at radius 1 is 1.12 bits per heavy atom. The molecule has 0 unspecified atom stereocenters. The van der Waals surface area contributed by atoms with Gasteiger partial charge in [0.1, 0.15) is 5.82 Å². The van der Waals surface area contributed by atoms with Gasteiger partial charge in [0.05, 0.1) is 19.7 Å². The Morgan fingerprint density at radius 3 is 2.44 bits per heavy atom. The van der Waals surface area contributed by atoms with E-state index in [1.54, 1.807) is 12.1 Å². The number of halogens is 1. The van der Waals surface area contributed by atoms with Crippen LogP contribution in [0.15, 0.2) is 48.5 Å². The van der Waals surface area contributed by atoms with Gasteiger partial charge in [0.2, 0.25) is 5.91 Å². The van der Waals surface area contributed by atoms with Gasteiger partial charge in [-0.1, -0.05) is 43.3 Å². The Balaban J connectivity index is 2.20. The summed E-state index contributed by atoms with van der Waals surface area (Å²) in [6, 6.07) is 13.7. The second kappa shape index (κ2) is 8.94. The van der Waals surface area contributed by atoms with E-state index in [1.807, 2.05) is 24.3 Å². The number of hydrogen-bond acceptors (Lipinski definition) is 4. The van der Waals surface area contributed by atoms with Gasteiger partial charge in [0, 0.05) is 0 Å². The van der Waals surface area contributed by atoms with Crippen molar-refractivity contribution in [3.05, 3.63) is 71.0 Å². The molecule has 5 nitrogen and oxygen atoms in total. The van der Waals surface area contributed by atoms with Gasteiger partial charge in [0.15, 0.2) is 0 Å². The molecule has 0 fully saturated rings. The minimum absolute atomic E-state index is 0.119. The summed E-state index contributed by atoms with van der Waals surface area (Å²) in [5, 5.41) is 5.14. The number of ether oxygens (including phenoxy) is 1. The number of aryl methyl sites for hydroxylation is 1. The minimum atomic E-state index is -0.818. The van der Waals surface area contributed by atoms with Crippen LogP contribution >= 0.6 is 0 Å². The van der Waals surface area contributed by atoms with E-state index in [-0.39, 0.29) is 18.4 Å². The average Bonchev–Trinajstić information content (AvgIpc) is 2.62. The van der Waals surface area contributed by atoms with E-state index in [0.29, 0.717) is 5.56 Å². The molecule has 0 saturated heterocycles. The summed E-state index contributed by atoms with van der Waals surface area (Å²) in [5.41, 5.74) is 2.77. The molecule has 0 saturated carbocycles. The molecule has 2 amide bonds. The summed E-state index contributed by atoms with van der Waals surface area (Å²) in [7, 11) is 1.18. The number of rotatable bonds is 6. The first-order valence-corrected chi connectivity index (χ1v) is 7.99. The highest BCUT2D eigenvalue weighted by atomic mass is 19.1. The molecule has 1 atom stereocenters. The van der Waals surface area contributed by atoms with E-state index in [1.165, 1.54) is 24.8 Å². The van der Waals surface area contributed by atoms with Crippen molar-refractivity contribution in [3.8, 4) is 0 Å². The molecule has 0 aliphatic rings. The Bertz CT molecular complexity index is 732. The third kappa shape index (κ3) is 5.39. The quantitative estimate of drug-likeness (QED) is 0.845. The summed E-state index contributed by atoms with van der Waals surface area (Å²) >= 11 is 0. The molecule has 0 bridgehead atoms. The van der Waals surface area contributed by atoms with Crippen molar-refractivity contribution in [1.82, 2.24) is 10.6 Å². The van der Waals surface area contributed by atoms with Crippen molar-refractivity contribution >= 4 is 12.0 Å². The van der Waals surface area contributed by atoms with E-state index in [2.05, 4.69) is 22.3 Å². The number of nitrogens with one attached hydrogen (secondary N) is 2. The van der Waals surface area contributed by atoms with Crippen molar-refractivity contribution in [2.45, 2.75) is 19.4 Å². The highest BCUT2D eigenvalue weighted by Gasteiger charge is 2.17. The molecule has 0 heterocycles. The monoisotopic (exact) mass is 344 g/mol. The van der Waals surface area contributed by atoms with E-state index >= 15 is 0 Å². The maximum atomic E-state index is 13.6. The van der Waals surface area contributed by atoms with Gasteiger partial charge in [0.25, 0.3) is 0 Å². The molecule has 2 aromatic carbocycles.